The number of benzene rings is 3. The molecule has 0 aliphatic rings. The molecule has 5 rings (SSSR count). The highest BCUT2D eigenvalue weighted by Gasteiger charge is 2.30. The van der Waals surface area contributed by atoms with Crippen LogP contribution in [-0.4, -0.2) is 15.0 Å². The predicted molar refractivity (Wildman–Crippen MR) is 137 cm³/mol. The Labute approximate surface area is 208 Å². The molecule has 5 aromatic rings. The number of hydrogen-bond donors (Lipinski definition) is 3. The lowest BCUT2D eigenvalue weighted by Gasteiger charge is -2.12. The molecule has 10 heteroatoms. The molecular weight excluding hydrogens is 489 g/mol. The van der Waals surface area contributed by atoms with Gasteiger partial charge >= 0.3 is 6.18 Å². The zero-order chi connectivity index (χ0) is 25.4. The Morgan fingerprint density at radius 2 is 1.58 bits per heavy atom. The number of nitrogens with two attached hydrogens (primary N) is 2. The highest BCUT2D eigenvalue weighted by molar-refractivity contribution is 6.33. The topological polar surface area (TPSA) is 103 Å². The van der Waals surface area contributed by atoms with Crippen LogP contribution >= 0.6 is 11.6 Å². The van der Waals surface area contributed by atoms with Gasteiger partial charge < -0.3 is 16.8 Å². The molecule has 0 saturated carbocycles. The van der Waals surface area contributed by atoms with Crippen LogP contribution in [-0.2, 0) is 6.18 Å². The summed E-state index contributed by atoms with van der Waals surface area (Å²) in [5.41, 5.74) is 14.9. The summed E-state index contributed by atoms with van der Waals surface area (Å²) < 4.78 is 39.4. The SMILES string of the molecule is Nc1nc(Nc2ccc3nc(-c4cccc(C(F)(F)F)c4)cc(N)c3c2)cc(-c2ccccc2Cl)n1. The van der Waals surface area contributed by atoms with E-state index in [1.165, 1.54) is 6.07 Å². The van der Waals surface area contributed by atoms with Gasteiger partial charge in [-0.3, -0.25) is 0 Å². The average Bonchev–Trinajstić information content (AvgIpc) is 2.84. The number of fused-ring (bicyclic) bond motifs is 1. The monoisotopic (exact) mass is 506 g/mol. The van der Waals surface area contributed by atoms with Crippen LogP contribution < -0.4 is 16.8 Å². The lowest BCUT2D eigenvalue weighted by Crippen LogP contribution is -2.04. The Morgan fingerprint density at radius 1 is 0.778 bits per heavy atom. The van der Waals surface area contributed by atoms with Crippen molar-refractivity contribution in [1.29, 1.82) is 0 Å². The van der Waals surface area contributed by atoms with Crippen LogP contribution in [0.1, 0.15) is 5.56 Å². The minimum absolute atomic E-state index is 0.0719. The first-order valence-corrected chi connectivity index (χ1v) is 11.1. The second-order valence-electron chi connectivity index (χ2n) is 8.01. The first-order chi connectivity index (χ1) is 17.2. The van der Waals surface area contributed by atoms with Gasteiger partial charge in [0.15, 0.2) is 0 Å². The maximum absolute atomic E-state index is 13.1. The fraction of sp³-hybridized carbons (Fsp3) is 0.0385. The summed E-state index contributed by atoms with van der Waals surface area (Å²) in [5, 5.41) is 4.34. The number of nitrogens with zero attached hydrogens (tertiary/aromatic N) is 3. The summed E-state index contributed by atoms with van der Waals surface area (Å²) in [6.45, 7) is 0. The third-order valence-electron chi connectivity index (χ3n) is 5.49. The van der Waals surface area contributed by atoms with Crippen LogP contribution in [0.3, 0.4) is 0 Å². The van der Waals surface area contributed by atoms with Gasteiger partial charge in [-0.2, -0.15) is 18.2 Å². The van der Waals surface area contributed by atoms with E-state index in [0.717, 1.165) is 12.1 Å². The van der Waals surface area contributed by atoms with E-state index in [4.69, 9.17) is 23.1 Å². The van der Waals surface area contributed by atoms with Gasteiger partial charge in [0.05, 0.1) is 22.5 Å². The third-order valence-corrected chi connectivity index (χ3v) is 5.82. The minimum Gasteiger partial charge on any atom is -0.398 e. The zero-order valence-electron chi connectivity index (χ0n) is 18.5. The fourth-order valence-electron chi connectivity index (χ4n) is 3.82. The van der Waals surface area contributed by atoms with Crippen molar-refractivity contribution in [2.75, 3.05) is 16.8 Å². The van der Waals surface area contributed by atoms with Crippen LogP contribution in [0.25, 0.3) is 33.4 Å². The number of aromatic nitrogens is 3. The van der Waals surface area contributed by atoms with Crippen molar-refractivity contribution >= 4 is 45.6 Å². The molecule has 5 N–H and O–H groups in total. The van der Waals surface area contributed by atoms with Crippen molar-refractivity contribution in [3.05, 3.63) is 89.4 Å². The second-order valence-corrected chi connectivity index (χ2v) is 8.42. The molecule has 2 heterocycles. The Kier molecular flexibility index (Phi) is 5.85. The third kappa shape index (κ3) is 4.73. The van der Waals surface area contributed by atoms with E-state index in [1.807, 2.05) is 18.2 Å². The number of hydrogen-bond acceptors (Lipinski definition) is 6. The Morgan fingerprint density at radius 3 is 2.36 bits per heavy atom. The number of rotatable bonds is 4. The lowest BCUT2D eigenvalue weighted by atomic mass is 10.0. The van der Waals surface area contributed by atoms with Crippen molar-refractivity contribution in [3.8, 4) is 22.5 Å². The molecular formula is C26H18ClF3N6. The molecule has 0 bridgehead atoms. The van der Waals surface area contributed by atoms with Gasteiger partial charge in [-0.25, -0.2) is 9.97 Å². The van der Waals surface area contributed by atoms with Crippen LogP contribution in [0.15, 0.2) is 78.9 Å². The summed E-state index contributed by atoms with van der Waals surface area (Å²) in [5.74, 6) is 0.520. The smallest absolute Gasteiger partial charge is 0.398 e. The van der Waals surface area contributed by atoms with Crippen LogP contribution in [0.4, 0.5) is 36.3 Å². The predicted octanol–water partition coefficient (Wildman–Crippen LogP) is 6.94. The molecule has 2 aromatic heterocycles. The van der Waals surface area contributed by atoms with E-state index in [0.29, 0.717) is 55.6 Å². The number of nitrogens with one attached hydrogen (secondary N) is 1. The van der Waals surface area contributed by atoms with E-state index in [-0.39, 0.29) is 5.95 Å². The van der Waals surface area contributed by atoms with Crippen molar-refractivity contribution < 1.29 is 13.2 Å². The van der Waals surface area contributed by atoms with E-state index in [9.17, 15) is 13.2 Å². The summed E-state index contributed by atoms with van der Waals surface area (Å²) in [7, 11) is 0. The van der Waals surface area contributed by atoms with E-state index in [2.05, 4.69) is 20.3 Å². The van der Waals surface area contributed by atoms with Crippen LogP contribution in [0.5, 0.6) is 0 Å². The number of alkyl halides is 3. The lowest BCUT2D eigenvalue weighted by molar-refractivity contribution is -0.137. The van der Waals surface area contributed by atoms with Crippen LogP contribution in [0, 0.1) is 0 Å². The van der Waals surface area contributed by atoms with E-state index in [1.54, 1.807) is 42.5 Å². The molecule has 3 aromatic carbocycles. The van der Waals surface area contributed by atoms with E-state index < -0.39 is 11.7 Å². The number of halogens is 4. The molecule has 36 heavy (non-hydrogen) atoms. The molecule has 0 aliphatic carbocycles. The van der Waals surface area contributed by atoms with Gasteiger partial charge in [0.2, 0.25) is 5.95 Å². The maximum atomic E-state index is 13.1. The van der Waals surface area contributed by atoms with Gasteiger partial charge in [0, 0.05) is 39.0 Å². The second kappa shape index (κ2) is 9.01. The highest BCUT2D eigenvalue weighted by Crippen LogP contribution is 2.34. The van der Waals surface area contributed by atoms with Gasteiger partial charge in [-0.15, -0.1) is 0 Å². The average molecular weight is 507 g/mol. The maximum Gasteiger partial charge on any atom is 0.416 e. The summed E-state index contributed by atoms with van der Waals surface area (Å²) in [6, 6.07) is 20.8. The molecule has 0 spiro atoms. The normalized spacial score (nSPS) is 11.6. The summed E-state index contributed by atoms with van der Waals surface area (Å²) in [4.78, 5) is 13.0. The molecule has 0 aliphatic heterocycles. The first kappa shape index (κ1) is 23.4. The van der Waals surface area contributed by atoms with Crippen molar-refractivity contribution in [2.24, 2.45) is 0 Å². The molecule has 6 nitrogen and oxygen atoms in total. The molecule has 0 amide bonds. The van der Waals surface area contributed by atoms with Crippen LogP contribution in [0.2, 0.25) is 5.02 Å². The van der Waals surface area contributed by atoms with Gasteiger partial charge in [0.25, 0.3) is 0 Å². The fourth-order valence-corrected chi connectivity index (χ4v) is 4.05. The molecule has 0 saturated heterocycles. The molecule has 0 radical (unpaired) electrons. The number of anilines is 4. The molecule has 0 fully saturated rings. The first-order valence-electron chi connectivity index (χ1n) is 10.7. The standard InChI is InChI=1S/C26H18ClF3N6/c27-19-7-2-1-6-17(19)23-13-24(36-25(32)35-23)33-16-8-9-21-18(11-16)20(31)12-22(34-21)14-4-3-5-15(10-14)26(28,29)30/h1-13H,(H2,31,34)(H3,32,33,35,36). The van der Waals surface area contributed by atoms with Crippen molar-refractivity contribution in [1.82, 2.24) is 15.0 Å². The minimum atomic E-state index is -4.45. The molecule has 180 valence electrons. The molecule has 0 unspecified atom stereocenters. The largest absolute Gasteiger partial charge is 0.416 e. The number of pyridine rings is 1. The van der Waals surface area contributed by atoms with Gasteiger partial charge in [0.1, 0.15) is 5.82 Å². The van der Waals surface area contributed by atoms with Gasteiger partial charge in [-0.1, -0.05) is 41.9 Å². The van der Waals surface area contributed by atoms with Crippen molar-refractivity contribution in [2.45, 2.75) is 6.18 Å². The molecule has 0 atom stereocenters. The number of nitrogen functional groups attached to an aromatic ring is 2. The zero-order valence-corrected chi connectivity index (χ0v) is 19.3. The quantitative estimate of drug-likeness (QED) is 0.244. The summed E-state index contributed by atoms with van der Waals surface area (Å²) >= 11 is 6.30. The highest BCUT2D eigenvalue weighted by atomic mass is 35.5. The summed E-state index contributed by atoms with van der Waals surface area (Å²) in [6.07, 6.45) is -4.45. The van der Waals surface area contributed by atoms with Gasteiger partial charge in [-0.05, 0) is 42.5 Å². The Hall–Kier alpha value is -4.37. The van der Waals surface area contributed by atoms with E-state index >= 15 is 0 Å². The Bertz CT molecular complexity index is 1600. The Balaban J connectivity index is 1.48. The van der Waals surface area contributed by atoms with Crippen molar-refractivity contribution in [3.63, 3.8) is 0 Å².